The molecule has 4 nitrogen and oxygen atoms in total. The van der Waals surface area contributed by atoms with Gasteiger partial charge in [-0.2, -0.15) is 0 Å². The number of aliphatic carboxylic acids is 1. The second-order valence-electron chi connectivity index (χ2n) is 7.00. The van der Waals surface area contributed by atoms with Crippen LogP contribution in [0.15, 0.2) is 22.9 Å². The van der Waals surface area contributed by atoms with Crippen molar-refractivity contribution in [1.82, 2.24) is 0 Å². The molecule has 0 unspecified atom stereocenters. The Morgan fingerprint density at radius 2 is 1.68 bits per heavy atom. The molecule has 1 N–H and O–H groups in total. The summed E-state index contributed by atoms with van der Waals surface area (Å²) >= 11 is 0. The molecule has 0 bridgehead atoms. The van der Waals surface area contributed by atoms with Crippen LogP contribution in [-0.2, 0) is 14.1 Å². The van der Waals surface area contributed by atoms with E-state index in [9.17, 15) is 9.18 Å². The lowest BCUT2D eigenvalue weighted by molar-refractivity contribution is -0.136. The van der Waals surface area contributed by atoms with Crippen LogP contribution in [0.2, 0.25) is 0 Å². The predicted octanol–water partition coefficient (Wildman–Crippen LogP) is 3.82. The fourth-order valence-electron chi connectivity index (χ4n) is 2.66. The van der Waals surface area contributed by atoms with Crippen LogP contribution in [0.3, 0.4) is 0 Å². The predicted molar refractivity (Wildman–Crippen MR) is 83.0 cm³/mol. The van der Waals surface area contributed by atoms with Gasteiger partial charge in [-0.25, -0.2) is 4.39 Å². The molecular weight excluding hydrogens is 286 g/mol. The molecule has 0 spiro atoms. The summed E-state index contributed by atoms with van der Waals surface area (Å²) in [4.78, 5) is 10.6. The maximum atomic E-state index is 14.6. The second-order valence-corrected chi connectivity index (χ2v) is 7.00. The Bertz CT molecular complexity index is 494. The van der Waals surface area contributed by atoms with E-state index in [0.29, 0.717) is 25.7 Å². The summed E-state index contributed by atoms with van der Waals surface area (Å²) in [7, 11) is -0.926. The number of halogens is 1. The summed E-state index contributed by atoms with van der Waals surface area (Å²) in [5, 5.41) is 8.68. The molecule has 0 atom stereocenters. The van der Waals surface area contributed by atoms with Crippen LogP contribution in [0, 0.1) is 0 Å². The lowest BCUT2D eigenvalue weighted by atomic mass is 9.79. The minimum absolute atomic E-state index is 0.0358. The molecule has 1 saturated carbocycles. The van der Waals surface area contributed by atoms with Crippen LogP contribution < -0.4 is 0 Å². The highest BCUT2D eigenvalue weighted by Crippen LogP contribution is 2.41. The Labute approximate surface area is 131 Å². The molecule has 1 aliphatic heterocycles. The molecule has 0 radical (unpaired) electrons. The van der Waals surface area contributed by atoms with E-state index in [2.05, 4.69) is 0 Å². The van der Waals surface area contributed by atoms with E-state index in [1.807, 2.05) is 27.7 Å². The van der Waals surface area contributed by atoms with E-state index in [0.717, 1.165) is 11.1 Å². The number of carboxylic acid groups (broad SMARTS) is 1. The van der Waals surface area contributed by atoms with Crippen molar-refractivity contribution < 1.29 is 23.6 Å². The lowest BCUT2D eigenvalue weighted by Gasteiger charge is -2.32. The average Bonchev–Trinajstić information content (AvgIpc) is 2.65. The molecule has 1 heterocycles. The molecule has 2 rings (SSSR count). The number of carbonyl (C=O) groups is 1. The van der Waals surface area contributed by atoms with E-state index in [-0.39, 0.29) is 12.1 Å². The molecule has 2 aliphatic rings. The van der Waals surface area contributed by atoms with Gasteiger partial charge >= 0.3 is 13.1 Å². The maximum Gasteiger partial charge on any atom is 0.525 e. The van der Waals surface area contributed by atoms with Crippen molar-refractivity contribution in [3.63, 3.8) is 0 Å². The van der Waals surface area contributed by atoms with Crippen LogP contribution in [0.4, 0.5) is 4.39 Å². The average molecular weight is 310 g/mol. The van der Waals surface area contributed by atoms with Gasteiger partial charge in [0.05, 0.1) is 17.6 Å². The molecule has 0 aromatic heterocycles. The van der Waals surface area contributed by atoms with E-state index in [1.165, 1.54) is 0 Å². The lowest BCUT2D eigenvalue weighted by Crippen LogP contribution is -2.41. The number of rotatable bonds is 3. The van der Waals surface area contributed by atoms with Gasteiger partial charge in [-0.05, 0) is 59.0 Å². The van der Waals surface area contributed by atoms with Crippen LogP contribution in [0.25, 0.3) is 0 Å². The zero-order valence-corrected chi connectivity index (χ0v) is 13.7. The van der Waals surface area contributed by atoms with Crippen molar-refractivity contribution in [1.29, 1.82) is 0 Å². The molecule has 0 aromatic carbocycles. The molecule has 6 heteroatoms. The summed E-state index contributed by atoms with van der Waals surface area (Å²) in [6.07, 6.45) is 4.38. The Morgan fingerprint density at radius 3 is 2.14 bits per heavy atom. The normalized spacial score (nSPS) is 23.6. The summed E-state index contributed by atoms with van der Waals surface area (Å²) in [5.41, 5.74) is 0.419. The molecule has 0 aromatic rings. The molecule has 0 amide bonds. The minimum Gasteiger partial charge on any atom is -0.481 e. The first-order valence-electron chi connectivity index (χ1n) is 7.75. The summed E-state index contributed by atoms with van der Waals surface area (Å²) < 4.78 is 26.1. The number of allylic oxidation sites excluding steroid dienone is 2. The Morgan fingerprint density at radius 1 is 1.18 bits per heavy atom. The van der Waals surface area contributed by atoms with Crippen molar-refractivity contribution >= 4 is 13.1 Å². The number of hydrogen-bond donors (Lipinski definition) is 1. The highest BCUT2D eigenvalue weighted by Gasteiger charge is 2.53. The van der Waals surface area contributed by atoms with Gasteiger partial charge in [-0.15, -0.1) is 0 Å². The van der Waals surface area contributed by atoms with Gasteiger partial charge in [0.15, 0.2) is 0 Å². The van der Waals surface area contributed by atoms with Crippen molar-refractivity contribution in [3.8, 4) is 0 Å². The monoisotopic (exact) mass is 310 g/mol. The van der Waals surface area contributed by atoms with E-state index >= 15 is 0 Å². The smallest absolute Gasteiger partial charge is 0.481 e. The van der Waals surface area contributed by atoms with Gasteiger partial charge in [-0.1, -0.05) is 11.6 Å². The van der Waals surface area contributed by atoms with Crippen molar-refractivity contribution in [2.75, 3.05) is 0 Å². The first kappa shape index (κ1) is 17.2. The Kier molecular flexibility index (Phi) is 4.83. The quantitative estimate of drug-likeness (QED) is 0.636. The minimum atomic E-state index is -0.926. The first-order valence-corrected chi connectivity index (χ1v) is 7.75. The highest BCUT2D eigenvalue weighted by atomic mass is 19.1. The van der Waals surface area contributed by atoms with Crippen LogP contribution in [0.1, 0.15) is 59.8 Å². The third kappa shape index (κ3) is 3.61. The Balaban J connectivity index is 2.02. The zero-order valence-electron chi connectivity index (χ0n) is 13.7. The number of hydrogen-bond acceptors (Lipinski definition) is 3. The van der Waals surface area contributed by atoms with Crippen LogP contribution in [0.5, 0.6) is 0 Å². The van der Waals surface area contributed by atoms with Crippen LogP contribution in [-0.4, -0.2) is 29.4 Å². The van der Waals surface area contributed by atoms with Crippen molar-refractivity contribution in [2.24, 2.45) is 0 Å². The number of carboxylic acids is 1. The van der Waals surface area contributed by atoms with Gasteiger partial charge in [0.2, 0.25) is 0 Å². The summed E-state index contributed by atoms with van der Waals surface area (Å²) in [6, 6.07) is 0. The van der Waals surface area contributed by atoms with Gasteiger partial charge in [0.25, 0.3) is 0 Å². The van der Waals surface area contributed by atoms with Crippen molar-refractivity contribution in [2.45, 2.75) is 71.0 Å². The zero-order chi connectivity index (χ0) is 16.5. The topological polar surface area (TPSA) is 55.8 Å². The van der Waals surface area contributed by atoms with Gasteiger partial charge in [-0.3, -0.25) is 4.79 Å². The Hall–Kier alpha value is -1.14. The third-order valence-electron chi connectivity index (χ3n) is 4.86. The van der Waals surface area contributed by atoms with Crippen molar-refractivity contribution in [3.05, 3.63) is 22.9 Å². The van der Waals surface area contributed by atoms with E-state index in [1.54, 1.807) is 6.08 Å². The van der Waals surface area contributed by atoms with Gasteiger partial charge in [0.1, 0.15) is 5.73 Å². The summed E-state index contributed by atoms with van der Waals surface area (Å²) in [5.74, 6) is -0.836. The molecule has 2 fully saturated rings. The van der Waals surface area contributed by atoms with Crippen LogP contribution >= 0.6 is 0 Å². The molecule has 122 valence electrons. The van der Waals surface area contributed by atoms with Gasteiger partial charge in [0, 0.05) is 0 Å². The highest BCUT2D eigenvalue weighted by molar-refractivity contribution is 6.53. The standard InChI is InChI=1S/C16H24BFO4/c1-15(2)16(3,4)22-17(21-15)14(18)12-8-5-11(6-9-12)7-10-13(19)20/h7H,5-6,8-10H2,1-4H3,(H,19,20). The fraction of sp³-hybridized carbons (Fsp3) is 0.688. The van der Waals surface area contributed by atoms with E-state index < -0.39 is 24.3 Å². The largest absolute Gasteiger partial charge is 0.525 e. The van der Waals surface area contributed by atoms with Gasteiger partial charge < -0.3 is 14.4 Å². The maximum absolute atomic E-state index is 14.6. The molecule has 22 heavy (non-hydrogen) atoms. The fourth-order valence-corrected chi connectivity index (χ4v) is 2.66. The first-order chi connectivity index (χ1) is 10.1. The molecule has 1 aliphatic carbocycles. The third-order valence-corrected chi connectivity index (χ3v) is 4.86. The molecule has 1 saturated heterocycles. The van der Waals surface area contributed by atoms with E-state index in [4.69, 9.17) is 14.4 Å². The molecular formula is C16H24BFO4. The summed E-state index contributed by atoms with van der Waals surface area (Å²) in [6.45, 7) is 7.61. The SMILES string of the molecule is CC1(C)OB(C(F)=C2CCC(=CCC(=O)O)CC2)OC1(C)C. The second kappa shape index (κ2) is 6.16.